The SMILES string of the molecule is NCC(N)C(=O)NCCN=CC(Cc1ccccc1)NC(=O)CCC(N)C=O. The third kappa shape index (κ3) is 9.91. The number of benzene rings is 1. The molecule has 9 heteroatoms. The molecule has 9 nitrogen and oxygen atoms in total. The summed E-state index contributed by atoms with van der Waals surface area (Å²) in [7, 11) is 0. The predicted octanol–water partition coefficient (Wildman–Crippen LogP) is -1.51. The molecule has 0 bridgehead atoms. The van der Waals surface area contributed by atoms with Gasteiger partial charge in [-0.25, -0.2) is 0 Å². The first-order valence-corrected chi connectivity index (χ1v) is 9.23. The van der Waals surface area contributed by atoms with E-state index in [0.717, 1.165) is 5.56 Å². The second kappa shape index (κ2) is 13.5. The molecule has 28 heavy (non-hydrogen) atoms. The van der Waals surface area contributed by atoms with Crippen LogP contribution in [0.4, 0.5) is 0 Å². The summed E-state index contributed by atoms with van der Waals surface area (Å²) in [4.78, 5) is 38.5. The summed E-state index contributed by atoms with van der Waals surface area (Å²) < 4.78 is 0. The van der Waals surface area contributed by atoms with E-state index in [1.807, 2.05) is 30.3 Å². The molecule has 0 saturated heterocycles. The van der Waals surface area contributed by atoms with E-state index in [1.54, 1.807) is 6.21 Å². The van der Waals surface area contributed by atoms with Gasteiger partial charge in [0, 0.05) is 25.7 Å². The summed E-state index contributed by atoms with van der Waals surface area (Å²) in [5.74, 6) is -0.523. The van der Waals surface area contributed by atoms with Gasteiger partial charge in [-0.3, -0.25) is 14.6 Å². The van der Waals surface area contributed by atoms with Crippen LogP contribution in [0.25, 0.3) is 0 Å². The fraction of sp³-hybridized carbons (Fsp3) is 0.474. The molecule has 1 aromatic carbocycles. The molecule has 3 atom stereocenters. The molecule has 1 aromatic rings. The summed E-state index contributed by atoms with van der Waals surface area (Å²) in [5.41, 5.74) is 17.4. The van der Waals surface area contributed by atoms with Gasteiger partial charge in [0.1, 0.15) is 6.29 Å². The average Bonchev–Trinajstić information content (AvgIpc) is 2.71. The highest BCUT2D eigenvalue weighted by Crippen LogP contribution is 2.03. The third-order valence-corrected chi connectivity index (χ3v) is 3.94. The Kier molecular flexibility index (Phi) is 11.3. The number of hydrogen-bond acceptors (Lipinski definition) is 7. The molecule has 0 heterocycles. The fourth-order valence-electron chi connectivity index (χ4n) is 2.34. The molecule has 0 aliphatic carbocycles. The highest BCUT2D eigenvalue weighted by atomic mass is 16.2. The number of rotatable bonds is 13. The quantitative estimate of drug-likeness (QED) is 0.156. The summed E-state index contributed by atoms with van der Waals surface area (Å²) in [5, 5.41) is 5.53. The molecular weight excluding hydrogens is 360 g/mol. The number of amides is 2. The number of aliphatic imine (C=N–C) groups is 1. The van der Waals surface area contributed by atoms with Crippen molar-refractivity contribution < 1.29 is 14.4 Å². The van der Waals surface area contributed by atoms with E-state index in [9.17, 15) is 14.4 Å². The topological polar surface area (TPSA) is 166 Å². The van der Waals surface area contributed by atoms with Crippen molar-refractivity contribution in [3.63, 3.8) is 0 Å². The molecule has 0 aliphatic rings. The molecular formula is C19H30N6O3. The van der Waals surface area contributed by atoms with Crippen molar-refractivity contribution in [1.82, 2.24) is 10.6 Å². The van der Waals surface area contributed by atoms with Crippen LogP contribution in [0.3, 0.4) is 0 Å². The van der Waals surface area contributed by atoms with Gasteiger partial charge in [-0.2, -0.15) is 0 Å². The summed E-state index contributed by atoms with van der Waals surface area (Å²) in [6.07, 6.45) is 3.30. The van der Waals surface area contributed by atoms with E-state index in [4.69, 9.17) is 17.2 Å². The lowest BCUT2D eigenvalue weighted by Crippen LogP contribution is -2.46. The molecule has 154 valence electrons. The van der Waals surface area contributed by atoms with Crippen LogP contribution < -0.4 is 27.8 Å². The highest BCUT2D eigenvalue weighted by molar-refractivity contribution is 5.82. The second-order valence-electron chi connectivity index (χ2n) is 6.39. The maximum Gasteiger partial charge on any atom is 0.238 e. The van der Waals surface area contributed by atoms with Crippen LogP contribution in [-0.2, 0) is 20.8 Å². The number of carbonyl (C=O) groups is 3. The zero-order valence-corrected chi connectivity index (χ0v) is 15.9. The van der Waals surface area contributed by atoms with Crippen molar-refractivity contribution in [1.29, 1.82) is 0 Å². The lowest BCUT2D eigenvalue weighted by Gasteiger charge is -2.15. The van der Waals surface area contributed by atoms with Crippen molar-refractivity contribution in [3.05, 3.63) is 35.9 Å². The van der Waals surface area contributed by atoms with E-state index < -0.39 is 12.1 Å². The van der Waals surface area contributed by atoms with Crippen molar-refractivity contribution in [2.45, 2.75) is 37.4 Å². The first kappa shape index (κ1) is 23.4. The van der Waals surface area contributed by atoms with Gasteiger partial charge in [0.05, 0.1) is 24.7 Å². The molecule has 0 aromatic heterocycles. The smallest absolute Gasteiger partial charge is 0.238 e. The summed E-state index contributed by atoms with van der Waals surface area (Å²) in [6, 6.07) is 8.00. The largest absolute Gasteiger partial charge is 0.353 e. The van der Waals surface area contributed by atoms with Crippen LogP contribution in [-0.4, -0.2) is 62.1 Å². The summed E-state index contributed by atoms with van der Waals surface area (Å²) in [6.45, 7) is 0.747. The number of nitrogens with zero attached hydrogens (tertiary/aromatic N) is 1. The van der Waals surface area contributed by atoms with Crippen LogP contribution >= 0.6 is 0 Å². The van der Waals surface area contributed by atoms with Gasteiger partial charge in [-0.05, 0) is 18.4 Å². The average molecular weight is 390 g/mol. The minimum absolute atomic E-state index is 0.0774. The van der Waals surface area contributed by atoms with Crippen LogP contribution in [0.1, 0.15) is 18.4 Å². The van der Waals surface area contributed by atoms with Crippen LogP contribution in [0.2, 0.25) is 0 Å². The molecule has 0 spiro atoms. The van der Waals surface area contributed by atoms with Crippen molar-refractivity contribution >= 4 is 24.3 Å². The van der Waals surface area contributed by atoms with Gasteiger partial charge < -0.3 is 32.6 Å². The van der Waals surface area contributed by atoms with Gasteiger partial charge in [0.15, 0.2) is 0 Å². The third-order valence-electron chi connectivity index (χ3n) is 3.94. The van der Waals surface area contributed by atoms with E-state index in [0.29, 0.717) is 25.8 Å². The first-order chi connectivity index (χ1) is 13.5. The fourth-order valence-corrected chi connectivity index (χ4v) is 2.34. The maximum atomic E-state index is 12.1. The second-order valence-corrected chi connectivity index (χ2v) is 6.39. The number of nitrogens with one attached hydrogen (secondary N) is 2. The molecule has 0 fully saturated rings. The predicted molar refractivity (Wildman–Crippen MR) is 109 cm³/mol. The minimum Gasteiger partial charge on any atom is -0.353 e. The Labute approximate surface area is 165 Å². The Morgan fingerprint density at radius 3 is 2.54 bits per heavy atom. The van der Waals surface area contributed by atoms with Crippen molar-refractivity contribution in [2.24, 2.45) is 22.2 Å². The Hall–Kier alpha value is -2.62. The Morgan fingerprint density at radius 1 is 1.18 bits per heavy atom. The van der Waals surface area contributed by atoms with Gasteiger partial charge in [-0.1, -0.05) is 30.3 Å². The zero-order chi connectivity index (χ0) is 20.8. The van der Waals surface area contributed by atoms with Crippen molar-refractivity contribution in [3.8, 4) is 0 Å². The molecule has 0 radical (unpaired) electrons. The monoisotopic (exact) mass is 390 g/mol. The number of carbonyl (C=O) groups excluding carboxylic acids is 3. The maximum absolute atomic E-state index is 12.1. The van der Waals surface area contributed by atoms with Gasteiger partial charge in [0.2, 0.25) is 11.8 Å². The molecule has 1 rings (SSSR count). The van der Waals surface area contributed by atoms with E-state index in [-0.39, 0.29) is 37.2 Å². The Balaban J connectivity index is 2.56. The Morgan fingerprint density at radius 2 is 1.89 bits per heavy atom. The summed E-state index contributed by atoms with van der Waals surface area (Å²) >= 11 is 0. The number of nitrogens with two attached hydrogens (primary N) is 3. The zero-order valence-electron chi connectivity index (χ0n) is 15.9. The van der Waals surface area contributed by atoms with Crippen LogP contribution in [0.5, 0.6) is 0 Å². The van der Waals surface area contributed by atoms with Crippen LogP contribution in [0, 0.1) is 0 Å². The molecule has 0 saturated carbocycles. The number of aldehydes is 1. The molecule has 0 aliphatic heterocycles. The van der Waals surface area contributed by atoms with E-state index in [1.165, 1.54) is 0 Å². The molecule has 3 unspecified atom stereocenters. The van der Waals surface area contributed by atoms with Crippen molar-refractivity contribution in [2.75, 3.05) is 19.6 Å². The molecule has 2 amide bonds. The minimum atomic E-state index is -0.730. The van der Waals surface area contributed by atoms with Gasteiger partial charge >= 0.3 is 0 Å². The standard InChI is InChI=1S/C19H30N6O3/c20-11-17(22)19(28)24-9-8-23-12-16(10-14-4-2-1-3-5-14)25-18(27)7-6-15(21)13-26/h1-5,12-13,15-17H,6-11,20-22H2,(H,24,28)(H,25,27). The normalized spacial score (nSPS) is 14.2. The lowest BCUT2D eigenvalue weighted by molar-refractivity contribution is -0.122. The van der Waals surface area contributed by atoms with Gasteiger partial charge in [0.25, 0.3) is 0 Å². The molecule has 8 N–H and O–H groups in total. The lowest BCUT2D eigenvalue weighted by atomic mass is 10.1. The highest BCUT2D eigenvalue weighted by Gasteiger charge is 2.13. The van der Waals surface area contributed by atoms with Crippen LogP contribution in [0.15, 0.2) is 35.3 Å². The first-order valence-electron chi connectivity index (χ1n) is 9.23. The van der Waals surface area contributed by atoms with E-state index >= 15 is 0 Å². The van der Waals surface area contributed by atoms with Gasteiger partial charge in [-0.15, -0.1) is 0 Å². The number of hydrogen-bond donors (Lipinski definition) is 5. The Bertz CT molecular complexity index is 638. The van der Waals surface area contributed by atoms with E-state index in [2.05, 4.69) is 15.6 Å².